The average molecular weight is 500 g/mol. The van der Waals surface area contributed by atoms with E-state index in [-0.39, 0.29) is 22.4 Å². The predicted octanol–water partition coefficient (Wildman–Crippen LogP) is 2.18. The van der Waals surface area contributed by atoms with E-state index in [2.05, 4.69) is 10.0 Å². The molecule has 182 valence electrons. The number of methoxy groups -OCH3 is 1. The third kappa shape index (κ3) is 7.07. The zero-order valence-electron chi connectivity index (χ0n) is 19.3. The number of hydrogen-bond donors (Lipinski definition) is 2. The molecule has 10 nitrogen and oxygen atoms in total. The Kier molecular flexibility index (Phi) is 8.33. The Morgan fingerprint density at radius 3 is 2.12 bits per heavy atom. The van der Waals surface area contributed by atoms with Crippen LogP contribution in [0, 0.1) is 0 Å². The Balaban J connectivity index is 2.16. The Labute approximate surface area is 195 Å². The summed E-state index contributed by atoms with van der Waals surface area (Å²) < 4.78 is 62.7. The maximum absolute atomic E-state index is 12.7. The molecule has 0 aliphatic heterocycles. The molecule has 0 bridgehead atoms. The molecule has 0 aliphatic rings. The van der Waals surface area contributed by atoms with E-state index >= 15 is 0 Å². The SMILES string of the molecule is COc1ccc(S(=O)(=O)NC(C)C)cc1NC(=O)[C@@H](C)Oc1ccc(N(C)S(C)(=O)=O)cc1. The van der Waals surface area contributed by atoms with Crippen molar-refractivity contribution in [3.05, 3.63) is 42.5 Å². The van der Waals surface area contributed by atoms with Gasteiger partial charge in [0.05, 0.1) is 29.6 Å². The minimum Gasteiger partial charge on any atom is -0.495 e. The molecule has 1 amide bonds. The van der Waals surface area contributed by atoms with Gasteiger partial charge in [-0.25, -0.2) is 21.6 Å². The van der Waals surface area contributed by atoms with Gasteiger partial charge in [0.25, 0.3) is 5.91 Å². The normalized spacial score (nSPS) is 12.8. The third-order valence-corrected chi connectivity index (χ3v) is 7.37. The number of ether oxygens (including phenoxy) is 2. The average Bonchev–Trinajstić information content (AvgIpc) is 2.72. The van der Waals surface area contributed by atoms with Crippen molar-refractivity contribution in [3.8, 4) is 11.5 Å². The molecule has 12 heteroatoms. The van der Waals surface area contributed by atoms with Crippen LogP contribution in [-0.4, -0.2) is 55.3 Å². The first-order valence-corrected chi connectivity index (χ1v) is 13.3. The van der Waals surface area contributed by atoms with E-state index in [0.29, 0.717) is 11.4 Å². The van der Waals surface area contributed by atoms with E-state index in [4.69, 9.17) is 9.47 Å². The van der Waals surface area contributed by atoms with E-state index in [9.17, 15) is 21.6 Å². The quantitative estimate of drug-likeness (QED) is 0.512. The van der Waals surface area contributed by atoms with Crippen LogP contribution in [0.3, 0.4) is 0 Å². The molecule has 0 radical (unpaired) electrons. The lowest BCUT2D eigenvalue weighted by Crippen LogP contribution is -2.31. The molecular weight excluding hydrogens is 470 g/mol. The van der Waals surface area contributed by atoms with Gasteiger partial charge in [0.15, 0.2) is 6.10 Å². The highest BCUT2D eigenvalue weighted by atomic mass is 32.2. The monoisotopic (exact) mass is 499 g/mol. The van der Waals surface area contributed by atoms with Gasteiger partial charge in [-0.15, -0.1) is 0 Å². The number of carbonyl (C=O) groups excluding carboxylic acids is 1. The van der Waals surface area contributed by atoms with E-state index in [1.165, 1.54) is 39.3 Å². The summed E-state index contributed by atoms with van der Waals surface area (Å²) in [5, 5.41) is 2.63. The summed E-state index contributed by atoms with van der Waals surface area (Å²) in [5.74, 6) is 0.108. The zero-order valence-corrected chi connectivity index (χ0v) is 21.0. The molecule has 0 spiro atoms. The Morgan fingerprint density at radius 1 is 1.00 bits per heavy atom. The number of amides is 1. The summed E-state index contributed by atoms with van der Waals surface area (Å²) in [6.07, 6.45) is 0.152. The smallest absolute Gasteiger partial charge is 0.265 e. The third-order valence-electron chi connectivity index (χ3n) is 4.51. The molecule has 33 heavy (non-hydrogen) atoms. The Hall–Kier alpha value is -2.83. The van der Waals surface area contributed by atoms with Crippen LogP contribution in [0.25, 0.3) is 0 Å². The maximum Gasteiger partial charge on any atom is 0.265 e. The van der Waals surface area contributed by atoms with Crippen molar-refractivity contribution >= 4 is 37.3 Å². The highest BCUT2D eigenvalue weighted by Gasteiger charge is 2.21. The maximum atomic E-state index is 12.7. The Bertz CT molecular complexity index is 1190. The fourth-order valence-electron chi connectivity index (χ4n) is 2.75. The lowest BCUT2D eigenvalue weighted by atomic mass is 10.2. The standard InChI is InChI=1S/C21H29N3O7S2/c1-14(2)23-33(28,29)18-11-12-20(30-5)19(13-18)22-21(25)15(3)31-17-9-7-16(8-10-17)24(4)32(6,26)27/h7-15,23H,1-6H3,(H,22,25)/t15-/m1/s1. The second kappa shape index (κ2) is 10.4. The summed E-state index contributed by atoms with van der Waals surface area (Å²) in [5.41, 5.74) is 0.620. The van der Waals surface area contributed by atoms with E-state index < -0.39 is 32.1 Å². The number of sulfonamides is 2. The fraction of sp³-hybridized carbons (Fsp3) is 0.381. The van der Waals surface area contributed by atoms with Gasteiger partial charge < -0.3 is 14.8 Å². The van der Waals surface area contributed by atoms with Gasteiger partial charge in [-0.3, -0.25) is 9.10 Å². The number of carbonyl (C=O) groups is 1. The number of hydrogen-bond acceptors (Lipinski definition) is 7. The molecule has 0 aliphatic carbocycles. The molecule has 0 saturated carbocycles. The van der Waals surface area contributed by atoms with Crippen LogP contribution in [0.4, 0.5) is 11.4 Å². The fourth-order valence-corrected chi connectivity index (χ4v) is 4.53. The molecule has 2 N–H and O–H groups in total. The number of anilines is 2. The predicted molar refractivity (Wildman–Crippen MR) is 127 cm³/mol. The molecule has 0 heterocycles. The minimum absolute atomic E-state index is 0.0218. The first-order valence-electron chi connectivity index (χ1n) is 9.96. The number of rotatable bonds is 10. The van der Waals surface area contributed by atoms with Crippen LogP contribution in [-0.2, 0) is 24.8 Å². The largest absolute Gasteiger partial charge is 0.495 e. The number of nitrogens with one attached hydrogen (secondary N) is 2. The molecule has 1 atom stereocenters. The summed E-state index contributed by atoms with van der Waals surface area (Å²) in [4.78, 5) is 12.7. The van der Waals surface area contributed by atoms with Crippen molar-refractivity contribution in [1.29, 1.82) is 0 Å². The molecule has 2 rings (SSSR count). The molecule has 2 aromatic rings. The first kappa shape index (κ1) is 26.4. The lowest BCUT2D eigenvalue weighted by molar-refractivity contribution is -0.122. The van der Waals surface area contributed by atoms with E-state index in [1.54, 1.807) is 38.1 Å². The van der Waals surface area contributed by atoms with Crippen LogP contribution >= 0.6 is 0 Å². The summed E-state index contributed by atoms with van der Waals surface area (Å²) in [6.45, 7) is 4.93. The number of benzene rings is 2. The van der Waals surface area contributed by atoms with Crippen LogP contribution < -0.4 is 23.8 Å². The summed E-state index contributed by atoms with van der Waals surface area (Å²) in [7, 11) is -4.33. The molecule has 0 unspecified atom stereocenters. The van der Waals surface area contributed by atoms with Gasteiger partial charge in [-0.05, 0) is 63.2 Å². The second-order valence-corrected chi connectivity index (χ2v) is 11.3. The number of nitrogens with zero attached hydrogens (tertiary/aromatic N) is 1. The van der Waals surface area contributed by atoms with Crippen molar-refractivity contribution in [3.63, 3.8) is 0 Å². The van der Waals surface area contributed by atoms with Gasteiger partial charge >= 0.3 is 0 Å². The van der Waals surface area contributed by atoms with Crippen LogP contribution in [0.2, 0.25) is 0 Å². The van der Waals surface area contributed by atoms with Gasteiger partial charge in [-0.2, -0.15) is 0 Å². The van der Waals surface area contributed by atoms with Crippen molar-refractivity contribution in [2.75, 3.05) is 30.0 Å². The van der Waals surface area contributed by atoms with Crippen molar-refractivity contribution in [2.45, 2.75) is 37.8 Å². The van der Waals surface area contributed by atoms with Gasteiger partial charge in [-0.1, -0.05) is 0 Å². The summed E-state index contributed by atoms with van der Waals surface area (Å²) in [6, 6.07) is 10.1. The van der Waals surface area contributed by atoms with Crippen molar-refractivity contribution in [1.82, 2.24) is 4.72 Å². The molecule has 0 fully saturated rings. The van der Waals surface area contributed by atoms with Crippen LogP contribution in [0.1, 0.15) is 20.8 Å². The zero-order chi connectivity index (χ0) is 25.0. The highest BCUT2D eigenvalue weighted by Crippen LogP contribution is 2.28. The Morgan fingerprint density at radius 2 is 1.61 bits per heavy atom. The molecule has 2 aromatic carbocycles. The summed E-state index contributed by atoms with van der Waals surface area (Å²) >= 11 is 0. The van der Waals surface area contributed by atoms with Gasteiger partial charge in [0.1, 0.15) is 11.5 Å². The molecule has 0 saturated heterocycles. The van der Waals surface area contributed by atoms with Crippen molar-refractivity contribution in [2.24, 2.45) is 0 Å². The van der Waals surface area contributed by atoms with E-state index in [1.807, 2.05) is 0 Å². The van der Waals surface area contributed by atoms with E-state index in [0.717, 1.165) is 10.6 Å². The van der Waals surface area contributed by atoms with Crippen LogP contribution in [0.15, 0.2) is 47.4 Å². The van der Waals surface area contributed by atoms with Crippen LogP contribution in [0.5, 0.6) is 11.5 Å². The second-order valence-electron chi connectivity index (χ2n) is 7.61. The topological polar surface area (TPSA) is 131 Å². The van der Waals surface area contributed by atoms with Gasteiger partial charge in [0, 0.05) is 13.1 Å². The molecule has 0 aromatic heterocycles. The lowest BCUT2D eigenvalue weighted by Gasteiger charge is -2.19. The highest BCUT2D eigenvalue weighted by molar-refractivity contribution is 7.92. The first-order chi connectivity index (χ1) is 15.2. The van der Waals surface area contributed by atoms with Gasteiger partial charge in [0.2, 0.25) is 20.0 Å². The minimum atomic E-state index is -3.77. The molecular formula is C21H29N3O7S2. The van der Waals surface area contributed by atoms with Crippen molar-refractivity contribution < 1.29 is 31.1 Å².